The van der Waals surface area contributed by atoms with Crippen LogP contribution in [0, 0.1) is 0 Å². The van der Waals surface area contributed by atoms with Gasteiger partial charge in [-0.3, -0.25) is 10.5 Å². The van der Waals surface area contributed by atoms with Crippen LogP contribution in [0.5, 0.6) is 0 Å². The predicted molar refractivity (Wildman–Crippen MR) is 86.6 cm³/mol. The second-order valence-electron chi connectivity index (χ2n) is 4.00. The molecule has 0 aliphatic heterocycles. The van der Waals surface area contributed by atoms with Gasteiger partial charge in [0.2, 0.25) is 0 Å². The molecule has 0 radical (unpaired) electrons. The number of nitrogens with zero attached hydrogens (tertiary/aromatic N) is 2. The van der Waals surface area contributed by atoms with Crippen LogP contribution in [0.2, 0.25) is 0 Å². The highest BCUT2D eigenvalue weighted by Crippen LogP contribution is 2.31. The van der Waals surface area contributed by atoms with E-state index in [1.165, 1.54) is 0 Å². The fourth-order valence-corrected chi connectivity index (χ4v) is 3.84. The van der Waals surface area contributed by atoms with Crippen LogP contribution in [0.15, 0.2) is 37.8 Å². The third-order valence-corrected chi connectivity index (χ3v) is 4.32. The molecule has 0 amide bonds. The topological polar surface area (TPSA) is 55.9 Å². The van der Waals surface area contributed by atoms with Crippen molar-refractivity contribution in [1.82, 2.24) is 15.2 Å². The third kappa shape index (κ3) is 3.28. The summed E-state index contributed by atoms with van der Waals surface area (Å²) in [6.45, 7) is 2.83. The van der Waals surface area contributed by atoms with Crippen molar-refractivity contribution in [2.75, 3.05) is 0 Å². The van der Waals surface area contributed by atoms with E-state index in [0.717, 1.165) is 31.2 Å². The van der Waals surface area contributed by atoms with Gasteiger partial charge in [0.05, 0.1) is 22.4 Å². The van der Waals surface area contributed by atoms with Crippen molar-refractivity contribution >= 4 is 47.8 Å². The Labute approximate surface area is 137 Å². The lowest BCUT2D eigenvalue weighted by molar-refractivity contribution is 0.541. The average Bonchev–Trinajstić information content (AvgIpc) is 2.71. The predicted octanol–water partition coefficient (Wildman–Crippen LogP) is 3.74. The molecule has 1 unspecified atom stereocenters. The summed E-state index contributed by atoms with van der Waals surface area (Å²) in [5.41, 5.74) is 4.92. The molecule has 3 N–H and O–H groups in total. The van der Waals surface area contributed by atoms with Gasteiger partial charge in [0, 0.05) is 15.5 Å². The van der Waals surface area contributed by atoms with Crippen LogP contribution < -0.4 is 11.3 Å². The Morgan fingerprint density at radius 2 is 1.89 bits per heavy atom. The average molecular weight is 453 g/mol. The first-order valence-electron chi connectivity index (χ1n) is 5.70. The number of aryl methyl sites for hydroxylation is 1. The number of benzene rings is 1. The van der Waals surface area contributed by atoms with Gasteiger partial charge in [-0.25, -0.2) is 5.43 Å². The number of nitrogens with one attached hydrogen (secondary N) is 1. The van der Waals surface area contributed by atoms with Crippen LogP contribution in [0.4, 0.5) is 0 Å². The Morgan fingerprint density at radius 1 is 1.26 bits per heavy atom. The van der Waals surface area contributed by atoms with E-state index in [4.69, 9.17) is 5.84 Å². The summed E-state index contributed by atoms with van der Waals surface area (Å²) in [6, 6.07) is 5.93. The largest absolute Gasteiger partial charge is 0.271 e. The molecule has 19 heavy (non-hydrogen) atoms. The number of hydrazine groups is 1. The number of nitrogens with two attached hydrogens (primary N) is 1. The van der Waals surface area contributed by atoms with Gasteiger partial charge in [-0.2, -0.15) is 5.10 Å². The molecule has 2 rings (SSSR count). The van der Waals surface area contributed by atoms with Crippen molar-refractivity contribution in [3.05, 3.63) is 49.1 Å². The van der Waals surface area contributed by atoms with Crippen molar-refractivity contribution < 1.29 is 0 Å². The number of hydrogen-bond donors (Lipinski definition) is 2. The summed E-state index contributed by atoms with van der Waals surface area (Å²) >= 11 is 10.5. The minimum Gasteiger partial charge on any atom is -0.271 e. The fraction of sp³-hybridized carbons (Fsp3) is 0.250. The second-order valence-corrected chi connectivity index (χ2v) is 6.68. The minimum atomic E-state index is -0.134. The van der Waals surface area contributed by atoms with Crippen LogP contribution in [0.1, 0.15) is 24.2 Å². The SMILES string of the molecule is CCn1ncc(Br)c1C(NN)c1cc(Br)cc(Br)c1. The van der Waals surface area contributed by atoms with Crippen LogP contribution >= 0.6 is 47.8 Å². The lowest BCUT2D eigenvalue weighted by Gasteiger charge is -2.19. The first kappa shape index (κ1) is 15.2. The van der Waals surface area contributed by atoms with Gasteiger partial charge < -0.3 is 0 Å². The van der Waals surface area contributed by atoms with Crippen molar-refractivity contribution in [3.8, 4) is 0 Å². The quantitative estimate of drug-likeness (QED) is 0.549. The van der Waals surface area contributed by atoms with Gasteiger partial charge in [0.1, 0.15) is 0 Å². The standard InChI is InChI=1S/C12H13Br3N4/c1-2-19-12(10(15)6-17-19)11(18-16)7-3-8(13)5-9(14)4-7/h3-6,11,18H,2,16H2,1H3. The molecule has 1 aromatic carbocycles. The summed E-state index contributed by atoms with van der Waals surface area (Å²) in [5, 5.41) is 4.32. The Bertz CT molecular complexity index is 562. The Morgan fingerprint density at radius 3 is 2.42 bits per heavy atom. The maximum absolute atomic E-state index is 5.75. The molecule has 1 heterocycles. The molecule has 0 aliphatic carbocycles. The van der Waals surface area contributed by atoms with Gasteiger partial charge >= 0.3 is 0 Å². The molecule has 0 saturated carbocycles. The van der Waals surface area contributed by atoms with Gasteiger partial charge in [-0.05, 0) is 46.6 Å². The van der Waals surface area contributed by atoms with Crippen LogP contribution in [0.3, 0.4) is 0 Å². The highest BCUT2D eigenvalue weighted by atomic mass is 79.9. The maximum atomic E-state index is 5.75. The van der Waals surface area contributed by atoms with E-state index in [2.05, 4.69) is 58.3 Å². The molecule has 0 aliphatic rings. The molecule has 0 fully saturated rings. The summed E-state index contributed by atoms with van der Waals surface area (Å²) in [4.78, 5) is 0. The fourth-order valence-electron chi connectivity index (χ4n) is 1.99. The molecule has 0 spiro atoms. The van der Waals surface area contributed by atoms with Crippen molar-refractivity contribution in [1.29, 1.82) is 0 Å². The van der Waals surface area contributed by atoms with Crippen LogP contribution in [-0.2, 0) is 6.54 Å². The van der Waals surface area contributed by atoms with Crippen molar-refractivity contribution in [2.45, 2.75) is 19.5 Å². The van der Waals surface area contributed by atoms with E-state index in [1.54, 1.807) is 6.20 Å². The van der Waals surface area contributed by atoms with E-state index >= 15 is 0 Å². The van der Waals surface area contributed by atoms with Gasteiger partial charge in [-0.1, -0.05) is 31.9 Å². The molecule has 102 valence electrons. The van der Waals surface area contributed by atoms with E-state index in [0.29, 0.717) is 0 Å². The smallest absolute Gasteiger partial charge is 0.0890 e. The van der Waals surface area contributed by atoms with E-state index in [9.17, 15) is 0 Å². The van der Waals surface area contributed by atoms with E-state index < -0.39 is 0 Å². The Balaban J connectivity index is 2.52. The molecular weight excluding hydrogens is 440 g/mol. The normalized spacial score (nSPS) is 12.7. The number of hydrogen-bond acceptors (Lipinski definition) is 3. The number of halogens is 3. The van der Waals surface area contributed by atoms with Crippen LogP contribution in [0.25, 0.3) is 0 Å². The molecule has 0 bridgehead atoms. The van der Waals surface area contributed by atoms with Crippen LogP contribution in [-0.4, -0.2) is 9.78 Å². The van der Waals surface area contributed by atoms with Crippen molar-refractivity contribution in [3.63, 3.8) is 0 Å². The zero-order valence-electron chi connectivity index (χ0n) is 10.2. The van der Waals surface area contributed by atoms with Gasteiger partial charge in [0.15, 0.2) is 0 Å². The molecule has 0 saturated heterocycles. The summed E-state index contributed by atoms with van der Waals surface area (Å²) < 4.78 is 4.85. The Kier molecular flexibility index (Phi) is 5.19. The summed E-state index contributed by atoms with van der Waals surface area (Å²) in [6.07, 6.45) is 1.79. The van der Waals surface area contributed by atoms with Gasteiger partial charge in [0.25, 0.3) is 0 Å². The van der Waals surface area contributed by atoms with E-state index in [1.807, 2.05) is 29.8 Å². The highest BCUT2D eigenvalue weighted by Gasteiger charge is 2.21. The first-order chi connectivity index (χ1) is 9.06. The van der Waals surface area contributed by atoms with Gasteiger partial charge in [-0.15, -0.1) is 0 Å². The molecule has 7 heteroatoms. The molecule has 2 aromatic rings. The molecular formula is C12H13Br3N4. The second kappa shape index (κ2) is 6.49. The lowest BCUT2D eigenvalue weighted by Crippen LogP contribution is -2.31. The summed E-state index contributed by atoms with van der Waals surface area (Å²) in [7, 11) is 0. The Hall–Kier alpha value is -0.210. The van der Waals surface area contributed by atoms with Crippen molar-refractivity contribution in [2.24, 2.45) is 5.84 Å². The third-order valence-electron chi connectivity index (χ3n) is 2.79. The minimum absolute atomic E-state index is 0.134. The maximum Gasteiger partial charge on any atom is 0.0890 e. The molecule has 1 atom stereocenters. The zero-order valence-corrected chi connectivity index (χ0v) is 15.0. The number of aromatic nitrogens is 2. The monoisotopic (exact) mass is 450 g/mol. The summed E-state index contributed by atoms with van der Waals surface area (Å²) in [5.74, 6) is 5.75. The highest BCUT2D eigenvalue weighted by molar-refractivity contribution is 9.11. The first-order valence-corrected chi connectivity index (χ1v) is 8.08. The zero-order chi connectivity index (χ0) is 14.0. The number of rotatable bonds is 4. The lowest BCUT2D eigenvalue weighted by atomic mass is 10.0. The van der Waals surface area contributed by atoms with E-state index in [-0.39, 0.29) is 6.04 Å². The molecule has 4 nitrogen and oxygen atoms in total. The molecule has 1 aromatic heterocycles.